The Kier molecular flexibility index (Phi) is 2.44. The molecule has 0 fully saturated rings. The largest absolute Gasteiger partial charge is 0.399 e. The SMILES string of the molecule is Nc1ccc(-c2c(N)cc(N)c(N)c2N)cc1. The van der Waals surface area contributed by atoms with Crippen molar-refractivity contribution in [3.63, 3.8) is 0 Å². The normalized spacial score (nSPS) is 10.4. The Morgan fingerprint density at radius 3 is 1.82 bits per heavy atom. The van der Waals surface area contributed by atoms with E-state index in [0.29, 0.717) is 34.0 Å². The average molecular weight is 229 g/mol. The zero-order valence-electron chi connectivity index (χ0n) is 9.27. The van der Waals surface area contributed by atoms with E-state index in [2.05, 4.69) is 0 Å². The number of nitrogen functional groups attached to an aromatic ring is 5. The quantitative estimate of drug-likeness (QED) is 0.470. The molecule has 10 N–H and O–H groups in total. The molecule has 0 saturated carbocycles. The highest BCUT2D eigenvalue weighted by atomic mass is 14.8. The number of rotatable bonds is 1. The number of benzene rings is 2. The Bertz CT molecular complexity index is 560. The lowest BCUT2D eigenvalue weighted by molar-refractivity contribution is 1.59. The molecule has 88 valence electrons. The number of hydrogen-bond donors (Lipinski definition) is 5. The molecule has 0 saturated heterocycles. The molecule has 0 atom stereocenters. The van der Waals surface area contributed by atoms with Crippen molar-refractivity contribution >= 4 is 28.4 Å². The van der Waals surface area contributed by atoms with E-state index in [1.165, 1.54) is 0 Å². The second kappa shape index (κ2) is 3.79. The Morgan fingerprint density at radius 1 is 0.647 bits per heavy atom. The van der Waals surface area contributed by atoms with Crippen LogP contribution in [0.4, 0.5) is 28.4 Å². The van der Waals surface area contributed by atoms with Gasteiger partial charge in [0.2, 0.25) is 0 Å². The molecule has 0 aliphatic heterocycles. The molecule has 0 radical (unpaired) electrons. The second-order valence-corrected chi connectivity index (χ2v) is 3.88. The number of anilines is 5. The van der Waals surface area contributed by atoms with Crippen LogP contribution in [0.1, 0.15) is 0 Å². The van der Waals surface area contributed by atoms with Crippen LogP contribution < -0.4 is 28.7 Å². The third-order valence-corrected chi connectivity index (χ3v) is 2.67. The van der Waals surface area contributed by atoms with Crippen molar-refractivity contribution in [3.8, 4) is 11.1 Å². The predicted octanol–water partition coefficient (Wildman–Crippen LogP) is 1.26. The summed E-state index contributed by atoms with van der Waals surface area (Å²) >= 11 is 0. The van der Waals surface area contributed by atoms with Gasteiger partial charge in [0, 0.05) is 16.9 Å². The zero-order valence-corrected chi connectivity index (χ0v) is 9.27. The summed E-state index contributed by atoms with van der Waals surface area (Å²) in [5.74, 6) is 0. The van der Waals surface area contributed by atoms with Gasteiger partial charge in [-0.3, -0.25) is 0 Å². The highest BCUT2D eigenvalue weighted by Gasteiger charge is 2.12. The highest BCUT2D eigenvalue weighted by Crippen LogP contribution is 2.39. The summed E-state index contributed by atoms with van der Waals surface area (Å²) in [5, 5.41) is 0. The fourth-order valence-electron chi connectivity index (χ4n) is 1.74. The summed E-state index contributed by atoms with van der Waals surface area (Å²) in [5.41, 5.74) is 32.8. The van der Waals surface area contributed by atoms with E-state index < -0.39 is 0 Å². The van der Waals surface area contributed by atoms with Crippen molar-refractivity contribution in [3.05, 3.63) is 30.3 Å². The van der Waals surface area contributed by atoms with Crippen molar-refractivity contribution < 1.29 is 0 Å². The third kappa shape index (κ3) is 1.78. The third-order valence-electron chi connectivity index (χ3n) is 2.67. The van der Waals surface area contributed by atoms with E-state index in [-0.39, 0.29) is 0 Å². The standard InChI is InChI=1S/C12H15N5/c13-7-3-1-6(2-4-7)10-8(14)5-9(15)11(16)12(10)17/h1-5H,13-17H2. The van der Waals surface area contributed by atoms with E-state index in [9.17, 15) is 0 Å². The molecule has 2 aromatic carbocycles. The summed E-state index contributed by atoms with van der Waals surface area (Å²) in [4.78, 5) is 0. The topological polar surface area (TPSA) is 130 Å². The maximum absolute atomic E-state index is 5.94. The Balaban J connectivity index is 2.67. The smallest absolute Gasteiger partial charge is 0.0789 e. The minimum absolute atomic E-state index is 0.353. The molecule has 2 aromatic rings. The summed E-state index contributed by atoms with van der Waals surface area (Å²) in [6, 6.07) is 8.85. The predicted molar refractivity (Wildman–Crippen MR) is 73.9 cm³/mol. The molecule has 0 aliphatic rings. The van der Waals surface area contributed by atoms with Crippen LogP contribution in [0.3, 0.4) is 0 Å². The van der Waals surface area contributed by atoms with Gasteiger partial charge in [0.1, 0.15) is 0 Å². The van der Waals surface area contributed by atoms with Gasteiger partial charge >= 0.3 is 0 Å². The minimum atomic E-state index is 0.353. The number of hydrogen-bond acceptors (Lipinski definition) is 5. The van der Waals surface area contributed by atoms with Crippen molar-refractivity contribution in [1.82, 2.24) is 0 Å². The van der Waals surface area contributed by atoms with Crippen LogP contribution in [-0.2, 0) is 0 Å². The van der Waals surface area contributed by atoms with Gasteiger partial charge < -0.3 is 28.7 Å². The maximum atomic E-state index is 5.94. The first-order valence-electron chi connectivity index (χ1n) is 5.09. The van der Waals surface area contributed by atoms with E-state index >= 15 is 0 Å². The fourth-order valence-corrected chi connectivity index (χ4v) is 1.74. The van der Waals surface area contributed by atoms with Crippen LogP contribution in [-0.4, -0.2) is 0 Å². The first kappa shape index (κ1) is 10.9. The van der Waals surface area contributed by atoms with Gasteiger partial charge in [-0.15, -0.1) is 0 Å². The van der Waals surface area contributed by atoms with Crippen molar-refractivity contribution in [2.75, 3.05) is 28.7 Å². The summed E-state index contributed by atoms with van der Waals surface area (Å²) in [6.45, 7) is 0. The van der Waals surface area contributed by atoms with Gasteiger partial charge in [0.05, 0.1) is 17.1 Å². The van der Waals surface area contributed by atoms with Crippen LogP contribution in [0.15, 0.2) is 30.3 Å². The minimum Gasteiger partial charge on any atom is -0.399 e. The molecule has 5 heteroatoms. The van der Waals surface area contributed by atoms with E-state index in [4.69, 9.17) is 28.7 Å². The van der Waals surface area contributed by atoms with Gasteiger partial charge in [-0.05, 0) is 23.8 Å². The molecule has 17 heavy (non-hydrogen) atoms. The van der Waals surface area contributed by atoms with Crippen LogP contribution in [0, 0.1) is 0 Å². The van der Waals surface area contributed by atoms with Gasteiger partial charge in [-0.2, -0.15) is 0 Å². The zero-order chi connectivity index (χ0) is 12.6. The Hall–Kier alpha value is -2.56. The summed E-state index contributed by atoms with van der Waals surface area (Å²) in [7, 11) is 0. The lowest BCUT2D eigenvalue weighted by Gasteiger charge is -2.14. The van der Waals surface area contributed by atoms with Crippen LogP contribution in [0.5, 0.6) is 0 Å². The average Bonchev–Trinajstić information content (AvgIpc) is 2.29. The monoisotopic (exact) mass is 229 g/mol. The fraction of sp³-hybridized carbons (Fsp3) is 0. The van der Waals surface area contributed by atoms with Crippen molar-refractivity contribution in [2.24, 2.45) is 0 Å². The molecule has 0 spiro atoms. The summed E-state index contributed by atoms with van der Waals surface area (Å²) in [6.07, 6.45) is 0. The van der Waals surface area contributed by atoms with Gasteiger partial charge in [-0.1, -0.05) is 12.1 Å². The maximum Gasteiger partial charge on any atom is 0.0789 e. The van der Waals surface area contributed by atoms with Crippen molar-refractivity contribution in [1.29, 1.82) is 0 Å². The molecular formula is C12H15N5. The Labute approximate surface area is 99.2 Å². The molecule has 0 unspecified atom stereocenters. The molecule has 0 heterocycles. The lowest BCUT2D eigenvalue weighted by atomic mass is 9.99. The van der Waals surface area contributed by atoms with Gasteiger partial charge in [0.25, 0.3) is 0 Å². The first-order valence-corrected chi connectivity index (χ1v) is 5.09. The molecule has 5 nitrogen and oxygen atoms in total. The molecule has 0 aliphatic carbocycles. The second-order valence-electron chi connectivity index (χ2n) is 3.88. The van der Waals surface area contributed by atoms with Crippen molar-refractivity contribution in [2.45, 2.75) is 0 Å². The van der Waals surface area contributed by atoms with Crippen LogP contribution >= 0.6 is 0 Å². The molecule has 0 aromatic heterocycles. The van der Waals surface area contributed by atoms with Crippen LogP contribution in [0.2, 0.25) is 0 Å². The Morgan fingerprint density at radius 2 is 1.24 bits per heavy atom. The molecular weight excluding hydrogens is 214 g/mol. The van der Waals surface area contributed by atoms with Crippen LogP contribution in [0.25, 0.3) is 11.1 Å². The van der Waals surface area contributed by atoms with E-state index in [1.807, 2.05) is 12.1 Å². The lowest BCUT2D eigenvalue weighted by Crippen LogP contribution is -2.05. The molecule has 2 rings (SSSR count). The highest BCUT2D eigenvalue weighted by molar-refractivity contribution is 5.97. The van der Waals surface area contributed by atoms with E-state index in [1.54, 1.807) is 18.2 Å². The van der Waals surface area contributed by atoms with Gasteiger partial charge in [-0.25, -0.2) is 0 Å². The van der Waals surface area contributed by atoms with Gasteiger partial charge in [0.15, 0.2) is 0 Å². The number of nitrogens with two attached hydrogens (primary N) is 5. The first-order chi connectivity index (χ1) is 8.00. The van der Waals surface area contributed by atoms with E-state index in [0.717, 1.165) is 5.56 Å². The summed E-state index contributed by atoms with van der Waals surface area (Å²) < 4.78 is 0. The molecule has 0 bridgehead atoms. The molecule has 0 amide bonds.